The fourth-order valence-electron chi connectivity index (χ4n) is 2.66. The van der Waals surface area contributed by atoms with E-state index in [2.05, 4.69) is 0 Å². The van der Waals surface area contributed by atoms with Gasteiger partial charge in [-0.15, -0.1) is 0 Å². The molecule has 0 aromatic heterocycles. The van der Waals surface area contributed by atoms with E-state index in [1.54, 1.807) is 4.90 Å². The summed E-state index contributed by atoms with van der Waals surface area (Å²) in [5, 5.41) is 16.7. The average Bonchev–Trinajstić information content (AvgIpc) is 2.63. The number of rotatable bonds is 3. The molecule has 1 atom stereocenters. The van der Waals surface area contributed by atoms with Gasteiger partial charge in [0.15, 0.2) is 0 Å². The number of hydrogen-bond acceptors (Lipinski definition) is 3. The number of benzene rings is 1. The Morgan fingerprint density at radius 2 is 1.95 bits per heavy atom. The lowest BCUT2D eigenvalue weighted by molar-refractivity contribution is 0.254. The van der Waals surface area contributed by atoms with Gasteiger partial charge in [-0.1, -0.05) is 12.8 Å². The highest BCUT2D eigenvalue weighted by Crippen LogP contribution is 2.30. The molecule has 1 saturated heterocycles. The minimum atomic E-state index is -0.740. The van der Waals surface area contributed by atoms with Crippen molar-refractivity contribution in [3.8, 4) is 0 Å². The van der Waals surface area contributed by atoms with Gasteiger partial charge in [-0.2, -0.15) is 0 Å². The van der Waals surface area contributed by atoms with E-state index in [1.807, 2.05) is 0 Å². The maximum Gasteiger partial charge on any atom is 0.150 e. The molecule has 4 N–H and O–H groups in total. The molecule has 1 fully saturated rings. The molecule has 0 radical (unpaired) electrons. The van der Waals surface area contributed by atoms with Gasteiger partial charge in [0.25, 0.3) is 0 Å². The van der Waals surface area contributed by atoms with Gasteiger partial charge in [0.2, 0.25) is 0 Å². The zero-order valence-electron chi connectivity index (χ0n) is 11.2. The van der Waals surface area contributed by atoms with E-state index in [0.29, 0.717) is 13.0 Å². The molecule has 20 heavy (non-hydrogen) atoms. The summed E-state index contributed by atoms with van der Waals surface area (Å²) in [6.45, 7) is 0.381. The summed E-state index contributed by atoms with van der Waals surface area (Å²) in [7, 11) is 0. The van der Waals surface area contributed by atoms with Crippen molar-refractivity contribution in [2.45, 2.75) is 31.7 Å². The molecule has 2 rings (SSSR count). The second kappa shape index (κ2) is 6.17. The van der Waals surface area contributed by atoms with E-state index in [9.17, 15) is 13.9 Å². The van der Waals surface area contributed by atoms with E-state index in [-0.39, 0.29) is 29.7 Å². The predicted molar refractivity (Wildman–Crippen MR) is 74.1 cm³/mol. The van der Waals surface area contributed by atoms with Gasteiger partial charge in [-0.3, -0.25) is 5.41 Å². The quantitative estimate of drug-likeness (QED) is 0.586. The minimum Gasteiger partial charge on any atom is -0.394 e. The Kier molecular flexibility index (Phi) is 4.54. The molecule has 1 heterocycles. The first-order chi connectivity index (χ1) is 9.54. The molecule has 0 spiro atoms. The molecule has 1 aliphatic rings. The van der Waals surface area contributed by atoms with Crippen LogP contribution in [0.4, 0.5) is 14.5 Å². The Morgan fingerprint density at radius 3 is 2.50 bits per heavy atom. The van der Waals surface area contributed by atoms with Gasteiger partial charge in [-0.05, 0) is 25.0 Å². The zero-order valence-corrected chi connectivity index (χ0v) is 11.2. The van der Waals surface area contributed by atoms with Crippen molar-refractivity contribution in [3.63, 3.8) is 0 Å². The van der Waals surface area contributed by atoms with Crippen LogP contribution in [0.25, 0.3) is 0 Å². The highest BCUT2D eigenvalue weighted by atomic mass is 19.1. The number of amidine groups is 1. The number of nitrogens with zero attached hydrogens (tertiary/aromatic N) is 1. The summed E-state index contributed by atoms with van der Waals surface area (Å²) in [5.41, 5.74) is 5.15. The van der Waals surface area contributed by atoms with Crippen LogP contribution in [0, 0.1) is 17.0 Å². The molecule has 6 heteroatoms. The first-order valence-electron chi connectivity index (χ1n) is 6.75. The molecule has 0 bridgehead atoms. The lowest BCUT2D eigenvalue weighted by atomic mass is 10.1. The number of halogens is 2. The van der Waals surface area contributed by atoms with Gasteiger partial charge >= 0.3 is 0 Å². The molecule has 0 amide bonds. The minimum absolute atomic E-state index is 0.0270. The summed E-state index contributed by atoms with van der Waals surface area (Å²) in [6, 6.07) is 1.87. The number of aliphatic hydroxyl groups is 1. The van der Waals surface area contributed by atoms with Gasteiger partial charge < -0.3 is 15.7 Å². The van der Waals surface area contributed by atoms with Gasteiger partial charge in [0, 0.05) is 12.1 Å². The van der Waals surface area contributed by atoms with Crippen LogP contribution in [0.3, 0.4) is 0 Å². The van der Waals surface area contributed by atoms with Crippen LogP contribution in [0.2, 0.25) is 0 Å². The molecule has 4 nitrogen and oxygen atoms in total. The molecule has 0 saturated carbocycles. The largest absolute Gasteiger partial charge is 0.394 e. The molecule has 110 valence electrons. The lowest BCUT2D eigenvalue weighted by Gasteiger charge is -2.31. The third kappa shape index (κ3) is 2.90. The SMILES string of the molecule is N=C(N)c1cc(F)c(N2CCCCCC2CO)c(F)c1. The van der Waals surface area contributed by atoms with Gasteiger partial charge in [0.05, 0.1) is 12.6 Å². The Bertz CT molecular complexity index is 484. The van der Waals surface area contributed by atoms with Gasteiger partial charge in [0.1, 0.15) is 23.2 Å². The Hall–Kier alpha value is -1.69. The first-order valence-corrected chi connectivity index (χ1v) is 6.75. The van der Waals surface area contributed by atoms with Gasteiger partial charge in [-0.25, -0.2) is 8.78 Å². The fraction of sp³-hybridized carbons (Fsp3) is 0.500. The van der Waals surface area contributed by atoms with Crippen molar-refractivity contribution in [3.05, 3.63) is 29.3 Å². The molecule has 1 aromatic rings. The lowest BCUT2D eigenvalue weighted by Crippen LogP contribution is -2.38. The van der Waals surface area contributed by atoms with Crippen LogP contribution in [0.15, 0.2) is 12.1 Å². The van der Waals surface area contributed by atoms with Crippen molar-refractivity contribution in [1.29, 1.82) is 5.41 Å². The smallest absolute Gasteiger partial charge is 0.150 e. The second-order valence-electron chi connectivity index (χ2n) is 5.08. The van der Waals surface area contributed by atoms with E-state index in [1.165, 1.54) is 0 Å². The van der Waals surface area contributed by atoms with Crippen LogP contribution < -0.4 is 10.6 Å². The Labute approximate surface area is 116 Å². The summed E-state index contributed by atoms with van der Waals surface area (Å²) in [6.07, 6.45) is 3.48. The maximum absolute atomic E-state index is 14.2. The number of nitrogens with two attached hydrogens (primary N) is 1. The topological polar surface area (TPSA) is 73.3 Å². The Balaban J connectivity index is 2.42. The van der Waals surface area contributed by atoms with Crippen LogP contribution in [0.1, 0.15) is 31.2 Å². The average molecular weight is 283 g/mol. The number of nitrogen functional groups attached to an aromatic ring is 1. The normalized spacial score (nSPS) is 19.8. The van der Waals surface area contributed by atoms with E-state index < -0.39 is 11.6 Å². The van der Waals surface area contributed by atoms with Crippen molar-refractivity contribution < 1.29 is 13.9 Å². The number of anilines is 1. The van der Waals surface area contributed by atoms with Crippen molar-refractivity contribution in [2.24, 2.45) is 5.73 Å². The van der Waals surface area contributed by atoms with Crippen LogP contribution in [0.5, 0.6) is 0 Å². The highest BCUT2D eigenvalue weighted by Gasteiger charge is 2.26. The maximum atomic E-state index is 14.2. The summed E-state index contributed by atoms with van der Waals surface area (Å²) >= 11 is 0. The van der Waals surface area contributed by atoms with Crippen molar-refractivity contribution in [2.75, 3.05) is 18.1 Å². The number of hydrogen-bond donors (Lipinski definition) is 3. The van der Waals surface area contributed by atoms with Crippen LogP contribution >= 0.6 is 0 Å². The number of nitrogens with one attached hydrogen (secondary N) is 1. The zero-order chi connectivity index (χ0) is 14.7. The monoisotopic (exact) mass is 283 g/mol. The van der Waals surface area contributed by atoms with E-state index in [4.69, 9.17) is 11.1 Å². The molecular formula is C14H19F2N3O. The summed E-state index contributed by atoms with van der Waals surface area (Å²) < 4.78 is 28.4. The first kappa shape index (κ1) is 14.7. The van der Waals surface area contributed by atoms with E-state index >= 15 is 0 Å². The molecule has 1 aliphatic heterocycles. The Morgan fingerprint density at radius 1 is 1.30 bits per heavy atom. The van der Waals surface area contributed by atoms with Crippen molar-refractivity contribution >= 4 is 11.5 Å². The third-order valence-electron chi connectivity index (χ3n) is 3.70. The second-order valence-corrected chi connectivity index (χ2v) is 5.08. The molecule has 0 aliphatic carbocycles. The predicted octanol–water partition coefficient (Wildman–Crippen LogP) is 1.99. The highest BCUT2D eigenvalue weighted by molar-refractivity contribution is 5.95. The third-order valence-corrected chi connectivity index (χ3v) is 3.70. The number of aliphatic hydroxyl groups excluding tert-OH is 1. The standard InChI is InChI=1S/C14H19F2N3O/c15-11-6-9(14(17)18)7-12(16)13(11)19-5-3-1-2-4-10(19)8-20/h6-7,10,20H,1-5,8H2,(H3,17,18). The molecular weight excluding hydrogens is 264 g/mol. The van der Waals surface area contributed by atoms with Crippen molar-refractivity contribution in [1.82, 2.24) is 0 Å². The van der Waals surface area contributed by atoms with E-state index in [0.717, 1.165) is 31.4 Å². The molecule has 1 aromatic carbocycles. The summed E-state index contributed by atoms with van der Waals surface area (Å²) in [5.74, 6) is -1.85. The van der Waals surface area contributed by atoms with Crippen LogP contribution in [-0.4, -0.2) is 30.1 Å². The van der Waals surface area contributed by atoms with Crippen LogP contribution in [-0.2, 0) is 0 Å². The summed E-state index contributed by atoms with van der Waals surface area (Å²) in [4.78, 5) is 1.60. The fourth-order valence-corrected chi connectivity index (χ4v) is 2.66. The molecule has 1 unspecified atom stereocenters.